The van der Waals surface area contributed by atoms with E-state index in [0.717, 1.165) is 25.7 Å². The summed E-state index contributed by atoms with van der Waals surface area (Å²) < 4.78 is 7.02. The zero-order valence-electron chi connectivity index (χ0n) is 11.8. The van der Waals surface area contributed by atoms with Crippen molar-refractivity contribution in [3.05, 3.63) is 11.9 Å². The molecule has 19 heavy (non-hydrogen) atoms. The van der Waals surface area contributed by atoms with Crippen molar-refractivity contribution in [2.24, 2.45) is 0 Å². The van der Waals surface area contributed by atoms with Gasteiger partial charge in [0.15, 0.2) is 5.75 Å². The summed E-state index contributed by atoms with van der Waals surface area (Å²) in [6, 6.07) is 0. The molecule has 0 spiro atoms. The fraction of sp³-hybridized carbons (Fsp3) is 0.786. The van der Waals surface area contributed by atoms with Gasteiger partial charge in [-0.3, -0.25) is 4.68 Å². The van der Waals surface area contributed by atoms with Crippen LogP contribution in [0.2, 0.25) is 0 Å². The normalized spacial score (nSPS) is 20.2. The topological polar surface area (TPSA) is 67.5 Å². The number of aliphatic hydroxyl groups is 2. The molecule has 0 amide bonds. The van der Waals surface area contributed by atoms with E-state index in [1.165, 1.54) is 0 Å². The first-order valence-corrected chi connectivity index (χ1v) is 7.12. The Morgan fingerprint density at radius 3 is 2.68 bits per heavy atom. The summed E-state index contributed by atoms with van der Waals surface area (Å²) in [5, 5.41) is 25.5. The van der Waals surface area contributed by atoms with Crippen LogP contribution >= 0.6 is 0 Å². The van der Waals surface area contributed by atoms with Crippen molar-refractivity contribution in [2.45, 2.75) is 63.7 Å². The van der Waals surface area contributed by atoms with Crippen molar-refractivity contribution < 1.29 is 14.9 Å². The number of aliphatic hydroxyl groups excluding tert-OH is 1. The van der Waals surface area contributed by atoms with Gasteiger partial charge in [0.2, 0.25) is 0 Å². The van der Waals surface area contributed by atoms with Gasteiger partial charge in [0, 0.05) is 6.54 Å². The molecule has 108 valence electrons. The fourth-order valence-electron chi connectivity index (χ4n) is 2.89. The quantitative estimate of drug-likeness (QED) is 0.857. The molecule has 2 rings (SSSR count). The molecule has 0 saturated heterocycles. The van der Waals surface area contributed by atoms with Crippen LogP contribution in [-0.2, 0) is 6.54 Å². The Hall–Kier alpha value is -1.07. The van der Waals surface area contributed by atoms with Crippen LogP contribution in [0, 0.1) is 0 Å². The lowest BCUT2D eigenvalue weighted by Crippen LogP contribution is -2.39. The van der Waals surface area contributed by atoms with Crippen LogP contribution in [0.1, 0.15) is 57.2 Å². The van der Waals surface area contributed by atoms with Gasteiger partial charge in [-0.25, -0.2) is 0 Å². The highest BCUT2D eigenvalue weighted by molar-refractivity contribution is 5.29. The SMILES string of the molecule is CCCn1ncc(OC)c1C(O)C1(O)CCCCC1. The lowest BCUT2D eigenvalue weighted by molar-refractivity contribution is -0.103. The summed E-state index contributed by atoms with van der Waals surface area (Å²) in [5.41, 5.74) is -0.439. The van der Waals surface area contributed by atoms with Gasteiger partial charge in [-0.15, -0.1) is 0 Å². The first kappa shape index (κ1) is 14.3. The predicted molar refractivity (Wildman–Crippen MR) is 72.1 cm³/mol. The highest BCUT2D eigenvalue weighted by Gasteiger charge is 2.40. The average molecular weight is 268 g/mol. The zero-order chi connectivity index (χ0) is 13.9. The van der Waals surface area contributed by atoms with Crippen molar-refractivity contribution in [1.29, 1.82) is 0 Å². The van der Waals surface area contributed by atoms with Gasteiger partial charge >= 0.3 is 0 Å². The number of ether oxygens (including phenoxy) is 1. The van der Waals surface area contributed by atoms with E-state index < -0.39 is 11.7 Å². The molecule has 0 aliphatic heterocycles. The van der Waals surface area contributed by atoms with Crippen LogP contribution < -0.4 is 4.74 Å². The Bertz CT molecular complexity index is 411. The van der Waals surface area contributed by atoms with Gasteiger partial charge < -0.3 is 14.9 Å². The Labute approximate surface area is 114 Å². The second-order valence-corrected chi connectivity index (χ2v) is 5.39. The molecule has 1 atom stereocenters. The van der Waals surface area contributed by atoms with Crippen LogP contribution in [-0.4, -0.2) is 32.7 Å². The van der Waals surface area contributed by atoms with Crippen LogP contribution in [0.5, 0.6) is 5.75 Å². The molecule has 0 bridgehead atoms. The molecule has 0 aromatic carbocycles. The summed E-state index contributed by atoms with van der Waals surface area (Å²) in [6.07, 6.45) is 5.90. The molecule has 2 N–H and O–H groups in total. The minimum Gasteiger partial charge on any atom is -0.493 e. The van der Waals surface area contributed by atoms with E-state index in [1.54, 1.807) is 18.0 Å². The van der Waals surface area contributed by atoms with Crippen molar-refractivity contribution in [2.75, 3.05) is 7.11 Å². The number of aromatic nitrogens is 2. The molecule has 1 aromatic heterocycles. The Kier molecular flexibility index (Phi) is 4.47. The molecule has 5 heteroatoms. The maximum absolute atomic E-state index is 10.7. The Morgan fingerprint density at radius 1 is 1.42 bits per heavy atom. The predicted octanol–water partition coefficient (Wildman–Crippen LogP) is 2.03. The van der Waals surface area contributed by atoms with E-state index in [4.69, 9.17) is 4.74 Å². The van der Waals surface area contributed by atoms with E-state index in [2.05, 4.69) is 12.0 Å². The Morgan fingerprint density at radius 2 is 2.11 bits per heavy atom. The highest BCUT2D eigenvalue weighted by Crippen LogP contribution is 2.41. The third kappa shape index (κ3) is 2.77. The molecule has 5 nitrogen and oxygen atoms in total. The van der Waals surface area contributed by atoms with Crippen LogP contribution in [0.3, 0.4) is 0 Å². The first-order chi connectivity index (χ1) is 9.12. The smallest absolute Gasteiger partial charge is 0.162 e. The second kappa shape index (κ2) is 5.92. The summed E-state index contributed by atoms with van der Waals surface area (Å²) in [5.74, 6) is 0.556. The van der Waals surface area contributed by atoms with E-state index in [-0.39, 0.29) is 0 Å². The third-order valence-electron chi connectivity index (χ3n) is 3.99. The van der Waals surface area contributed by atoms with Gasteiger partial charge in [-0.1, -0.05) is 26.2 Å². The number of rotatable bonds is 5. The summed E-state index contributed by atoms with van der Waals surface area (Å²) in [7, 11) is 1.56. The molecule has 1 fully saturated rings. The molecule has 1 heterocycles. The first-order valence-electron chi connectivity index (χ1n) is 7.12. The standard InChI is InChI=1S/C14H24N2O3/c1-3-9-16-12(11(19-2)10-15-16)13(17)14(18)7-5-4-6-8-14/h10,13,17-18H,3-9H2,1-2H3. The summed E-state index contributed by atoms with van der Waals surface area (Å²) in [6.45, 7) is 2.77. The van der Waals surface area contributed by atoms with E-state index >= 15 is 0 Å². The lowest BCUT2D eigenvalue weighted by Gasteiger charge is -2.36. The van der Waals surface area contributed by atoms with Crippen LogP contribution in [0.15, 0.2) is 6.20 Å². The zero-order valence-corrected chi connectivity index (χ0v) is 11.8. The summed E-state index contributed by atoms with van der Waals surface area (Å²) >= 11 is 0. The molecule has 1 aliphatic rings. The largest absolute Gasteiger partial charge is 0.493 e. The highest BCUT2D eigenvalue weighted by atomic mass is 16.5. The minimum atomic E-state index is -1.04. The molecule has 1 unspecified atom stereocenters. The lowest BCUT2D eigenvalue weighted by atomic mass is 9.79. The van der Waals surface area contributed by atoms with Gasteiger partial charge in [0.1, 0.15) is 11.8 Å². The monoisotopic (exact) mass is 268 g/mol. The van der Waals surface area contributed by atoms with Gasteiger partial charge in [0.05, 0.1) is 18.9 Å². The van der Waals surface area contributed by atoms with Crippen molar-refractivity contribution in [3.8, 4) is 5.75 Å². The van der Waals surface area contributed by atoms with Crippen molar-refractivity contribution in [1.82, 2.24) is 9.78 Å². The maximum Gasteiger partial charge on any atom is 0.162 e. The Balaban J connectivity index is 2.30. The third-order valence-corrected chi connectivity index (χ3v) is 3.99. The number of methoxy groups -OCH3 is 1. The van der Waals surface area contributed by atoms with Crippen molar-refractivity contribution in [3.63, 3.8) is 0 Å². The van der Waals surface area contributed by atoms with Crippen molar-refractivity contribution >= 4 is 0 Å². The van der Waals surface area contributed by atoms with E-state index in [0.29, 0.717) is 30.8 Å². The average Bonchev–Trinajstić information content (AvgIpc) is 2.82. The molecule has 1 aliphatic carbocycles. The number of nitrogens with zero attached hydrogens (tertiary/aromatic N) is 2. The van der Waals surface area contributed by atoms with Crippen LogP contribution in [0.4, 0.5) is 0 Å². The fourth-order valence-corrected chi connectivity index (χ4v) is 2.89. The molecular weight excluding hydrogens is 244 g/mol. The second-order valence-electron chi connectivity index (χ2n) is 5.39. The summed E-state index contributed by atoms with van der Waals surface area (Å²) in [4.78, 5) is 0. The number of hydrogen-bond acceptors (Lipinski definition) is 4. The van der Waals surface area contributed by atoms with E-state index in [9.17, 15) is 10.2 Å². The van der Waals surface area contributed by atoms with Gasteiger partial charge in [-0.05, 0) is 19.3 Å². The van der Waals surface area contributed by atoms with Gasteiger partial charge in [0.25, 0.3) is 0 Å². The number of hydrogen-bond donors (Lipinski definition) is 2. The molecule has 1 aromatic rings. The van der Waals surface area contributed by atoms with E-state index in [1.807, 2.05) is 0 Å². The maximum atomic E-state index is 10.7. The van der Waals surface area contributed by atoms with Crippen LogP contribution in [0.25, 0.3) is 0 Å². The molecule has 0 radical (unpaired) electrons. The minimum absolute atomic E-state index is 0.556. The molecular formula is C14H24N2O3. The molecule has 1 saturated carbocycles. The number of aryl methyl sites for hydroxylation is 1. The van der Waals surface area contributed by atoms with Gasteiger partial charge in [-0.2, -0.15) is 5.10 Å².